The van der Waals surface area contributed by atoms with E-state index in [1.165, 1.54) is 19.3 Å². The fraction of sp³-hybridized carbons (Fsp3) is 0.583. The van der Waals surface area contributed by atoms with E-state index >= 15 is 0 Å². The number of aliphatic hydroxyl groups is 1. The van der Waals surface area contributed by atoms with Crippen molar-refractivity contribution in [2.75, 3.05) is 35.7 Å². The number of pyridine rings is 1. The Kier molecular flexibility index (Phi) is 7.00. The predicted octanol–water partition coefficient (Wildman–Crippen LogP) is 3.44. The average Bonchev–Trinajstić information content (AvgIpc) is 3.27. The summed E-state index contributed by atoms with van der Waals surface area (Å²) in [7, 11) is -3.30. The zero-order chi connectivity index (χ0) is 22.7. The molecular formula is C24H33N3O4S. The number of sulfone groups is 1. The molecule has 7 nitrogen and oxygen atoms in total. The number of rotatable bonds is 7. The molecule has 1 saturated heterocycles. The van der Waals surface area contributed by atoms with Crippen LogP contribution in [-0.4, -0.2) is 55.1 Å². The molecule has 0 radical (unpaired) electrons. The van der Waals surface area contributed by atoms with Gasteiger partial charge < -0.3 is 15.3 Å². The van der Waals surface area contributed by atoms with Crippen LogP contribution in [0.1, 0.15) is 50.5 Å². The maximum Gasteiger partial charge on any atom is 0.224 e. The minimum atomic E-state index is -3.30. The quantitative estimate of drug-likeness (QED) is 0.658. The van der Waals surface area contributed by atoms with E-state index in [4.69, 9.17) is 10.1 Å². The van der Waals surface area contributed by atoms with Crippen molar-refractivity contribution in [2.24, 2.45) is 5.92 Å². The number of amides is 1. The Labute approximate surface area is 190 Å². The minimum absolute atomic E-state index is 0.0630. The van der Waals surface area contributed by atoms with Crippen molar-refractivity contribution in [1.29, 1.82) is 0 Å². The van der Waals surface area contributed by atoms with Crippen molar-refractivity contribution in [3.05, 3.63) is 29.8 Å². The highest BCUT2D eigenvalue weighted by Gasteiger charge is 2.33. The maximum absolute atomic E-state index is 12.7. The molecule has 8 heteroatoms. The number of nitrogens with one attached hydrogen (secondary N) is 1. The lowest BCUT2D eigenvalue weighted by atomic mass is 9.87. The van der Waals surface area contributed by atoms with Crippen LogP contribution >= 0.6 is 0 Å². The molecule has 1 aromatic heterocycles. The van der Waals surface area contributed by atoms with Gasteiger partial charge in [0, 0.05) is 24.9 Å². The molecule has 2 fully saturated rings. The van der Waals surface area contributed by atoms with Gasteiger partial charge in [0.2, 0.25) is 5.91 Å². The van der Waals surface area contributed by atoms with E-state index < -0.39 is 15.1 Å². The Morgan fingerprint density at radius 1 is 1.16 bits per heavy atom. The first-order valence-electron chi connectivity index (χ1n) is 11.6. The van der Waals surface area contributed by atoms with Gasteiger partial charge in [0.1, 0.15) is 5.82 Å². The average molecular weight is 460 g/mol. The number of aliphatic hydroxyl groups excluding tert-OH is 1. The molecule has 4 rings (SSSR count). The molecule has 1 aliphatic heterocycles. The Hall–Kier alpha value is -2.19. The zero-order valence-corrected chi connectivity index (χ0v) is 19.5. The SMILES string of the molecule is Cc1ccc2nc(N3CCC(S(=O)(=O)CCO)C3)ccc2c1NC(=O)CC1CCCCC1. The van der Waals surface area contributed by atoms with Gasteiger partial charge in [0.05, 0.1) is 28.8 Å². The third-order valence-corrected chi connectivity index (χ3v) is 9.03. The summed E-state index contributed by atoms with van der Waals surface area (Å²) in [5.41, 5.74) is 2.59. The van der Waals surface area contributed by atoms with Crippen molar-refractivity contribution in [3.63, 3.8) is 0 Å². The van der Waals surface area contributed by atoms with Crippen LogP contribution in [0.15, 0.2) is 24.3 Å². The number of anilines is 2. The van der Waals surface area contributed by atoms with Crippen LogP contribution in [0, 0.1) is 12.8 Å². The number of hydrogen-bond donors (Lipinski definition) is 2. The lowest BCUT2D eigenvalue weighted by Gasteiger charge is -2.22. The summed E-state index contributed by atoms with van der Waals surface area (Å²) in [6.07, 6.45) is 7.10. The van der Waals surface area contributed by atoms with E-state index in [2.05, 4.69) is 5.32 Å². The van der Waals surface area contributed by atoms with Crippen LogP contribution in [0.25, 0.3) is 10.9 Å². The molecule has 174 valence electrons. The van der Waals surface area contributed by atoms with Crippen LogP contribution in [0.5, 0.6) is 0 Å². The second kappa shape index (κ2) is 9.75. The monoisotopic (exact) mass is 459 g/mol. The number of benzene rings is 1. The van der Waals surface area contributed by atoms with E-state index in [0.717, 1.165) is 40.8 Å². The topological polar surface area (TPSA) is 99.6 Å². The molecule has 1 unspecified atom stereocenters. The second-order valence-corrected chi connectivity index (χ2v) is 11.6. The standard InChI is InChI=1S/C24H33N3O4S/c1-17-7-9-21-20(24(17)26-23(29)15-18-5-3-2-4-6-18)8-10-22(25-21)27-12-11-19(16-27)32(30,31)14-13-28/h7-10,18-19,28H,2-6,11-16H2,1H3,(H,26,29). The molecule has 1 atom stereocenters. The highest BCUT2D eigenvalue weighted by atomic mass is 32.2. The molecule has 1 aromatic carbocycles. The van der Waals surface area contributed by atoms with Crippen LogP contribution < -0.4 is 10.2 Å². The minimum Gasteiger partial charge on any atom is -0.395 e. The summed E-state index contributed by atoms with van der Waals surface area (Å²) < 4.78 is 24.6. The number of carbonyl (C=O) groups excluding carboxylic acids is 1. The van der Waals surface area contributed by atoms with Crippen LogP contribution in [-0.2, 0) is 14.6 Å². The van der Waals surface area contributed by atoms with Crippen LogP contribution in [0.4, 0.5) is 11.5 Å². The summed E-state index contributed by atoms with van der Waals surface area (Å²) in [5, 5.41) is 12.6. The van der Waals surface area contributed by atoms with Gasteiger partial charge in [-0.3, -0.25) is 4.79 Å². The smallest absolute Gasteiger partial charge is 0.224 e. The van der Waals surface area contributed by atoms with E-state index in [1.54, 1.807) is 0 Å². The van der Waals surface area contributed by atoms with Gasteiger partial charge >= 0.3 is 0 Å². The van der Waals surface area contributed by atoms with E-state index in [-0.39, 0.29) is 18.3 Å². The Morgan fingerprint density at radius 3 is 2.69 bits per heavy atom. The highest BCUT2D eigenvalue weighted by molar-refractivity contribution is 7.92. The number of nitrogens with zero attached hydrogens (tertiary/aromatic N) is 2. The van der Waals surface area contributed by atoms with Crippen LogP contribution in [0.3, 0.4) is 0 Å². The number of carbonyl (C=O) groups is 1. The zero-order valence-electron chi connectivity index (χ0n) is 18.7. The normalized spacial score (nSPS) is 20.1. The fourth-order valence-corrected chi connectivity index (χ4v) is 6.47. The van der Waals surface area contributed by atoms with Gasteiger partial charge in [-0.25, -0.2) is 13.4 Å². The summed E-state index contributed by atoms with van der Waals surface area (Å²) in [6.45, 7) is 2.64. The van der Waals surface area contributed by atoms with Gasteiger partial charge in [-0.2, -0.15) is 0 Å². The first kappa shape index (κ1) is 23.0. The molecule has 1 saturated carbocycles. The lowest BCUT2D eigenvalue weighted by molar-refractivity contribution is -0.117. The summed E-state index contributed by atoms with van der Waals surface area (Å²) in [5.74, 6) is 1.09. The maximum atomic E-state index is 12.7. The van der Waals surface area contributed by atoms with Gasteiger partial charge in [0.25, 0.3) is 0 Å². The molecule has 0 spiro atoms. The number of aromatic nitrogens is 1. The molecule has 32 heavy (non-hydrogen) atoms. The number of hydrogen-bond acceptors (Lipinski definition) is 6. The van der Waals surface area contributed by atoms with Gasteiger partial charge in [-0.05, 0) is 55.9 Å². The van der Waals surface area contributed by atoms with Gasteiger partial charge in [-0.15, -0.1) is 0 Å². The molecule has 1 aliphatic carbocycles. The number of aryl methyl sites for hydroxylation is 1. The lowest BCUT2D eigenvalue weighted by Crippen LogP contribution is -2.29. The fourth-order valence-electron chi connectivity index (χ4n) is 5.01. The Balaban J connectivity index is 1.50. The molecule has 2 aromatic rings. The van der Waals surface area contributed by atoms with Crippen molar-refractivity contribution in [3.8, 4) is 0 Å². The third kappa shape index (κ3) is 5.07. The molecule has 0 bridgehead atoms. The van der Waals surface area contributed by atoms with E-state index in [1.807, 2.05) is 36.1 Å². The van der Waals surface area contributed by atoms with Crippen molar-refractivity contribution in [1.82, 2.24) is 4.98 Å². The van der Waals surface area contributed by atoms with Crippen LogP contribution in [0.2, 0.25) is 0 Å². The summed E-state index contributed by atoms with van der Waals surface area (Å²) in [4.78, 5) is 19.5. The molecule has 2 aliphatic rings. The van der Waals surface area contributed by atoms with Crippen molar-refractivity contribution in [2.45, 2.75) is 57.1 Å². The Morgan fingerprint density at radius 2 is 1.94 bits per heavy atom. The molecule has 1 amide bonds. The van der Waals surface area contributed by atoms with Crippen molar-refractivity contribution < 1.29 is 18.3 Å². The third-order valence-electron chi connectivity index (χ3n) is 6.88. The van der Waals surface area contributed by atoms with Gasteiger partial charge in [-0.1, -0.05) is 25.3 Å². The van der Waals surface area contributed by atoms with E-state index in [9.17, 15) is 13.2 Å². The molecule has 2 N–H and O–H groups in total. The molecular weight excluding hydrogens is 426 g/mol. The molecule has 2 heterocycles. The summed E-state index contributed by atoms with van der Waals surface area (Å²) >= 11 is 0. The highest BCUT2D eigenvalue weighted by Crippen LogP contribution is 2.31. The first-order chi connectivity index (χ1) is 15.4. The van der Waals surface area contributed by atoms with E-state index in [0.29, 0.717) is 31.8 Å². The second-order valence-electron chi connectivity index (χ2n) is 9.20. The number of fused-ring (bicyclic) bond motifs is 1. The summed E-state index contributed by atoms with van der Waals surface area (Å²) in [6, 6.07) is 7.78. The predicted molar refractivity (Wildman–Crippen MR) is 128 cm³/mol. The Bertz CT molecular complexity index is 1080. The van der Waals surface area contributed by atoms with Gasteiger partial charge in [0.15, 0.2) is 9.84 Å². The largest absolute Gasteiger partial charge is 0.395 e. The first-order valence-corrected chi connectivity index (χ1v) is 13.4. The van der Waals surface area contributed by atoms with Crippen molar-refractivity contribution >= 4 is 38.2 Å².